The molecule has 1 aromatic rings. The first-order valence-corrected chi connectivity index (χ1v) is 6.25. The number of hydrogen-bond acceptors (Lipinski definition) is 6. The first kappa shape index (κ1) is 14.4. The molecule has 0 atom stereocenters. The van der Waals surface area contributed by atoms with Gasteiger partial charge in [-0.3, -0.25) is 4.79 Å². The SMILES string of the molecule is COC(=O)CCSc1c(N)cccc1C(=O)OC. The van der Waals surface area contributed by atoms with Crippen LogP contribution in [0.4, 0.5) is 5.69 Å². The minimum absolute atomic E-state index is 0.260. The molecule has 18 heavy (non-hydrogen) atoms. The van der Waals surface area contributed by atoms with Gasteiger partial charge in [0.2, 0.25) is 0 Å². The van der Waals surface area contributed by atoms with E-state index in [4.69, 9.17) is 5.73 Å². The van der Waals surface area contributed by atoms with Crippen molar-refractivity contribution in [2.75, 3.05) is 25.7 Å². The molecule has 0 amide bonds. The molecule has 0 aromatic heterocycles. The fourth-order valence-electron chi connectivity index (χ4n) is 1.33. The molecule has 0 spiro atoms. The van der Waals surface area contributed by atoms with Gasteiger partial charge in [-0.15, -0.1) is 11.8 Å². The lowest BCUT2D eigenvalue weighted by molar-refractivity contribution is -0.140. The van der Waals surface area contributed by atoms with Gasteiger partial charge in [0.05, 0.1) is 26.2 Å². The molecule has 0 aliphatic rings. The Morgan fingerprint density at radius 3 is 2.61 bits per heavy atom. The lowest BCUT2D eigenvalue weighted by Gasteiger charge is -2.09. The number of carbonyl (C=O) groups excluding carboxylic acids is 2. The van der Waals surface area contributed by atoms with E-state index >= 15 is 0 Å². The van der Waals surface area contributed by atoms with Gasteiger partial charge in [0.25, 0.3) is 0 Å². The summed E-state index contributed by atoms with van der Waals surface area (Å²) >= 11 is 1.33. The zero-order valence-electron chi connectivity index (χ0n) is 10.3. The molecule has 1 rings (SSSR count). The van der Waals surface area contributed by atoms with Crippen LogP contribution in [0, 0.1) is 0 Å². The van der Waals surface area contributed by atoms with E-state index in [-0.39, 0.29) is 12.4 Å². The van der Waals surface area contributed by atoms with Crippen molar-refractivity contribution in [3.8, 4) is 0 Å². The van der Waals surface area contributed by atoms with Crippen molar-refractivity contribution in [2.24, 2.45) is 0 Å². The number of nitrogen functional groups attached to an aromatic ring is 1. The number of anilines is 1. The summed E-state index contributed by atoms with van der Waals surface area (Å²) in [5.74, 6) is -0.246. The van der Waals surface area contributed by atoms with Crippen molar-refractivity contribution in [1.82, 2.24) is 0 Å². The van der Waals surface area contributed by atoms with Gasteiger partial charge >= 0.3 is 11.9 Å². The predicted octanol–water partition coefficient (Wildman–Crippen LogP) is 1.71. The number of esters is 2. The molecule has 98 valence electrons. The predicted molar refractivity (Wildman–Crippen MR) is 69.6 cm³/mol. The zero-order chi connectivity index (χ0) is 13.5. The largest absolute Gasteiger partial charge is 0.469 e. The maximum Gasteiger partial charge on any atom is 0.339 e. The molecule has 2 N–H and O–H groups in total. The first-order valence-electron chi connectivity index (χ1n) is 5.26. The second-order valence-corrected chi connectivity index (χ2v) is 4.50. The van der Waals surface area contributed by atoms with Gasteiger partial charge in [-0.1, -0.05) is 6.07 Å². The number of thioether (sulfide) groups is 1. The van der Waals surface area contributed by atoms with Crippen molar-refractivity contribution < 1.29 is 19.1 Å². The normalized spacial score (nSPS) is 9.89. The Bertz CT molecular complexity index is 448. The van der Waals surface area contributed by atoms with Crippen LogP contribution in [0.5, 0.6) is 0 Å². The van der Waals surface area contributed by atoms with E-state index in [1.54, 1.807) is 18.2 Å². The number of benzene rings is 1. The van der Waals surface area contributed by atoms with Gasteiger partial charge in [-0.2, -0.15) is 0 Å². The third-order valence-electron chi connectivity index (χ3n) is 2.23. The molecule has 0 radical (unpaired) electrons. The Hall–Kier alpha value is -1.69. The summed E-state index contributed by atoms with van der Waals surface area (Å²) in [7, 11) is 2.65. The van der Waals surface area contributed by atoms with Gasteiger partial charge in [0, 0.05) is 16.3 Å². The highest BCUT2D eigenvalue weighted by atomic mass is 32.2. The molecule has 0 saturated carbocycles. The Morgan fingerprint density at radius 1 is 1.28 bits per heavy atom. The molecule has 6 heteroatoms. The lowest BCUT2D eigenvalue weighted by atomic mass is 10.2. The van der Waals surface area contributed by atoms with Crippen LogP contribution in [0.2, 0.25) is 0 Å². The minimum Gasteiger partial charge on any atom is -0.469 e. The summed E-state index contributed by atoms with van der Waals surface area (Å²) < 4.78 is 9.22. The minimum atomic E-state index is -0.442. The van der Waals surface area contributed by atoms with Crippen LogP contribution < -0.4 is 5.73 Å². The summed E-state index contributed by atoms with van der Waals surface area (Å²) in [6.45, 7) is 0. The highest BCUT2D eigenvalue weighted by Gasteiger charge is 2.14. The van der Waals surface area contributed by atoms with Crippen molar-refractivity contribution >= 4 is 29.4 Å². The number of methoxy groups -OCH3 is 2. The van der Waals surface area contributed by atoms with E-state index in [9.17, 15) is 9.59 Å². The van der Waals surface area contributed by atoms with Crippen LogP contribution in [-0.4, -0.2) is 31.9 Å². The molecule has 0 bridgehead atoms. The average molecular weight is 269 g/mol. The molecular weight excluding hydrogens is 254 g/mol. The third-order valence-corrected chi connectivity index (χ3v) is 3.38. The highest BCUT2D eigenvalue weighted by molar-refractivity contribution is 7.99. The summed E-state index contributed by atoms with van der Waals surface area (Å²) in [5, 5.41) is 0. The summed E-state index contributed by atoms with van der Waals surface area (Å²) in [6.07, 6.45) is 0.260. The molecule has 0 aliphatic carbocycles. The van der Waals surface area contributed by atoms with E-state index in [1.807, 2.05) is 0 Å². The number of hydrogen-bond donors (Lipinski definition) is 1. The van der Waals surface area contributed by atoms with Gasteiger partial charge in [-0.05, 0) is 12.1 Å². The van der Waals surface area contributed by atoms with Crippen molar-refractivity contribution in [1.29, 1.82) is 0 Å². The maximum absolute atomic E-state index is 11.6. The topological polar surface area (TPSA) is 78.6 Å². The quantitative estimate of drug-likeness (QED) is 0.498. The second-order valence-electron chi connectivity index (χ2n) is 3.39. The maximum atomic E-state index is 11.6. The van der Waals surface area contributed by atoms with Gasteiger partial charge in [-0.25, -0.2) is 4.79 Å². The standard InChI is InChI=1S/C12H15NO4S/c1-16-10(14)6-7-18-11-8(12(15)17-2)4-3-5-9(11)13/h3-5H,6-7,13H2,1-2H3. The Balaban J connectivity index is 2.80. The summed E-state index contributed by atoms with van der Waals surface area (Å²) in [4.78, 5) is 23.2. The molecule has 0 unspecified atom stereocenters. The van der Waals surface area contributed by atoms with Crippen LogP contribution in [-0.2, 0) is 14.3 Å². The second kappa shape index (κ2) is 6.90. The number of carbonyl (C=O) groups is 2. The Labute approximate surface area is 110 Å². The van der Waals surface area contributed by atoms with E-state index < -0.39 is 5.97 Å². The van der Waals surface area contributed by atoms with E-state index in [2.05, 4.69) is 9.47 Å². The molecule has 5 nitrogen and oxygen atoms in total. The van der Waals surface area contributed by atoms with Gasteiger partial charge in [0.1, 0.15) is 0 Å². The zero-order valence-corrected chi connectivity index (χ0v) is 11.1. The van der Waals surface area contributed by atoms with Crippen molar-refractivity contribution in [3.05, 3.63) is 23.8 Å². The van der Waals surface area contributed by atoms with Gasteiger partial charge < -0.3 is 15.2 Å². The molecular formula is C12H15NO4S. The van der Waals surface area contributed by atoms with Crippen LogP contribution in [0.3, 0.4) is 0 Å². The molecule has 0 saturated heterocycles. The van der Waals surface area contributed by atoms with E-state index in [0.717, 1.165) is 0 Å². The van der Waals surface area contributed by atoms with Gasteiger partial charge in [0.15, 0.2) is 0 Å². The van der Waals surface area contributed by atoms with Crippen LogP contribution in [0.15, 0.2) is 23.1 Å². The molecule has 0 fully saturated rings. The highest BCUT2D eigenvalue weighted by Crippen LogP contribution is 2.30. The number of rotatable bonds is 5. The molecule has 0 aliphatic heterocycles. The fourth-order valence-corrected chi connectivity index (χ4v) is 2.34. The first-order chi connectivity index (χ1) is 8.60. The van der Waals surface area contributed by atoms with Crippen LogP contribution >= 0.6 is 11.8 Å². The van der Waals surface area contributed by atoms with Crippen LogP contribution in [0.1, 0.15) is 16.8 Å². The fraction of sp³-hybridized carbons (Fsp3) is 0.333. The lowest BCUT2D eigenvalue weighted by Crippen LogP contribution is -2.06. The molecule has 1 aromatic carbocycles. The van der Waals surface area contributed by atoms with E-state index in [0.29, 0.717) is 21.9 Å². The smallest absolute Gasteiger partial charge is 0.339 e. The number of ether oxygens (including phenoxy) is 2. The van der Waals surface area contributed by atoms with Crippen molar-refractivity contribution in [2.45, 2.75) is 11.3 Å². The molecule has 0 heterocycles. The average Bonchev–Trinajstić information content (AvgIpc) is 2.39. The monoisotopic (exact) mass is 269 g/mol. The summed E-state index contributed by atoms with van der Waals surface area (Å²) in [6, 6.07) is 5.03. The van der Waals surface area contributed by atoms with Crippen LogP contribution in [0.25, 0.3) is 0 Å². The Morgan fingerprint density at radius 2 is 2.00 bits per heavy atom. The summed E-state index contributed by atoms with van der Waals surface area (Å²) in [5.41, 5.74) is 6.72. The third kappa shape index (κ3) is 3.66. The number of nitrogens with two attached hydrogens (primary N) is 1. The Kier molecular flexibility index (Phi) is 5.51. The van der Waals surface area contributed by atoms with Crippen molar-refractivity contribution in [3.63, 3.8) is 0 Å². The van der Waals surface area contributed by atoms with E-state index in [1.165, 1.54) is 26.0 Å².